The van der Waals surface area contributed by atoms with Gasteiger partial charge in [0.1, 0.15) is 5.69 Å². The number of benzene rings is 1. The van der Waals surface area contributed by atoms with Crippen molar-refractivity contribution in [2.24, 2.45) is 0 Å². The quantitative estimate of drug-likeness (QED) is 0.596. The number of nitro benzene ring substituents is 1. The van der Waals surface area contributed by atoms with Crippen molar-refractivity contribution in [1.82, 2.24) is 10.1 Å². The Kier molecular flexibility index (Phi) is 4.46. The third kappa shape index (κ3) is 3.63. The van der Waals surface area contributed by atoms with Gasteiger partial charge in [-0.2, -0.15) is 4.98 Å². The third-order valence-electron chi connectivity index (χ3n) is 4.23. The van der Waals surface area contributed by atoms with Gasteiger partial charge < -0.3 is 9.42 Å². The lowest BCUT2D eigenvalue weighted by molar-refractivity contribution is -0.384. The lowest BCUT2D eigenvalue weighted by atomic mass is 9.97. The molecule has 0 bridgehead atoms. The first-order valence-corrected chi connectivity index (χ1v) is 9.68. The molecular weight excluding hydrogens is 348 g/mol. The van der Waals surface area contributed by atoms with Gasteiger partial charge in [0.25, 0.3) is 5.69 Å². The highest BCUT2D eigenvalue weighted by Gasteiger charge is 2.30. The molecule has 134 valence electrons. The van der Waals surface area contributed by atoms with E-state index < -0.39 is 14.8 Å². The number of rotatable bonds is 4. The number of piperidine rings is 1. The van der Waals surface area contributed by atoms with E-state index in [0.29, 0.717) is 30.5 Å². The molecule has 25 heavy (non-hydrogen) atoms. The van der Waals surface area contributed by atoms with Crippen molar-refractivity contribution in [2.75, 3.05) is 24.2 Å². The van der Waals surface area contributed by atoms with Gasteiger partial charge in [-0.1, -0.05) is 5.16 Å². The third-order valence-corrected chi connectivity index (χ3v) is 5.34. The number of hydrogen-bond acceptors (Lipinski definition) is 8. The Balaban J connectivity index is 1.93. The maximum absolute atomic E-state index is 11.7. The number of sulfone groups is 1. The monoisotopic (exact) mass is 366 g/mol. The zero-order chi connectivity index (χ0) is 18.2. The summed E-state index contributed by atoms with van der Waals surface area (Å²) in [6.45, 7) is 2.88. The number of anilines is 1. The van der Waals surface area contributed by atoms with Crippen LogP contribution in [-0.4, -0.2) is 42.8 Å². The highest BCUT2D eigenvalue weighted by molar-refractivity contribution is 7.90. The van der Waals surface area contributed by atoms with Gasteiger partial charge in [0, 0.05) is 25.4 Å². The first-order valence-electron chi connectivity index (χ1n) is 7.79. The van der Waals surface area contributed by atoms with E-state index in [4.69, 9.17) is 4.52 Å². The zero-order valence-electron chi connectivity index (χ0n) is 13.9. The minimum Gasteiger partial charge on any atom is -0.365 e. The molecule has 0 amide bonds. The Bertz CT molecular complexity index is 908. The summed E-state index contributed by atoms with van der Waals surface area (Å²) < 4.78 is 28.6. The molecule has 1 fully saturated rings. The van der Waals surface area contributed by atoms with E-state index in [0.717, 1.165) is 25.2 Å². The molecule has 1 atom stereocenters. The normalized spacial score (nSPS) is 18.3. The summed E-state index contributed by atoms with van der Waals surface area (Å²) in [7, 11) is -3.51. The Morgan fingerprint density at radius 1 is 1.40 bits per heavy atom. The van der Waals surface area contributed by atoms with Crippen LogP contribution >= 0.6 is 0 Å². The zero-order valence-corrected chi connectivity index (χ0v) is 14.7. The second-order valence-electron chi connectivity index (χ2n) is 6.14. The van der Waals surface area contributed by atoms with Gasteiger partial charge in [0.15, 0.2) is 15.7 Å². The van der Waals surface area contributed by atoms with E-state index in [1.807, 2.05) is 4.90 Å². The van der Waals surface area contributed by atoms with E-state index in [-0.39, 0.29) is 16.5 Å². The Morgan fingerprint density at radius 2 is 2.16 bits per heavy atom. The first kappa shape index (κ1) is 17.3. The molecule has 1 saturated heterocycles. The highest BCUT2D eigenvalue weighted by atomic mass is 32.2. The van der Waals surface area contributed by atoms with Crippen molar-refractivity contribution >= 4 is 21.2 Å². The number of nitrogens with zero attached hydrogens (tertiary/aromatic N) is 4. The van der Waals surface area contributed by atoms with Crippen molar-refractivity contribution < 1.29 is 17.9 Å². The molecule has 0 aliphatic carbocycles. The maximum atomic E-state index is 11.7. The van der Waals surface area contributed by atoms with Gasteiger partial charge >= 0.3 is 0 Å². The van der Waals surface area contributed by atoms with Crippen molar-refractivity contribution in [3.05, 3.63) is 40.0 Å². The predicted octanol–water partition coefficient (Wildman–Crippen LogP) is 2.07. The van der Waals surface area contributed by atoms with Crippen molar-refractivity contribution in [3.8, 4) is 0 Å². The van der Waals surface area contributed by atoms with Crippen LogP contribution in [0.15, 0.2) is 27.6 Å². The Morgan fingerprint density at radius 3 is 2.76 bits per heavy atom. The molecule has 0 radical (unpaired) electrons. The predicted molar refractivity (Wildman–Crippen MR) is 89.4 cm³/mol. The lowest BCUT2D eigenvalue weighted by Gasteiger charge is -2.32. The number of hydrogen-bond donors (Lipinski definition) is 0. The van der Waals surface area contributed by atoms with E-state index in [9.17, 15) is 18.5 Å². The molecule has 0 N–H and O–H groups in total. The van der Waals surface area contributed by atoms with Crippen LogP contribution in [0, 0.1) is 17.0 Å². The Hall–Kier alpha value is -2.49. The summed E-state index contributed by atoms with van der Waals surface area (Å²) >= 11 is 0. The fraction of sp³-hybridized carbons (Fsp3) is 0.467. The van der Waals surface area contributed by atoms with Crippen LogP contribution in [0.3, 0.4) is 0 Å². The summed E-state index contributed by atoms with van der Waals surface area (Å²) in [5.74, 6) is 1.07. The van der Waals surface area contributed by atoms with Crippen molar-refractivity contribution in [1.29, 1.82) is 0 Å². The van der Waals surface area contributed by atoms with E-state index in [1.165, 1.54) is 12.1 Å². The summed E-state index contributed by atoms with van der Waals surface area (Å²) in [6.07, 6.45) is 2.70. The average molecular weight is 366 g/mol. The van der Waals surface area contributed by atoms with Gasteiger partial charge in [-0.15, -0.1) is 0 Å². The van der Waals surface area contributed by atoms with Crippen LogP contribution in [0.5, 0.6) is 0 Å². The van der Waals surface area contributed by atoms with Crippen LogP contribution in [-0.2, 0) is 9.84 Å². The van der Waals surface area contributed by atoms with Crippen LogP contribution < -0.4 is 4.90 Å². The summed E-state index contributed by atoms with van der Waals surface area (Å²) in [5.41, 5.74) is 0.184. The molecule has 1 aliphatic heterocycles. The van der Waals surface area contributed by atoms with Crippen molar-refractivity contribution in [3.63, 3.8) is 0 Å². The molecule has 9 nitrogen and oxygen atoms in total. The van der Waals surface area contributed by atoms with E-state index in [1.54, 1.807) is 6.92 Å². The van der Waals surface area contributed by atoms with Gasteiger partial charge in [-0.25, -0.2) is 8.42 Å². The standard InChI is InChI=1S/C15H18N4O5S/c1-10-16-15(24-17-10)11-4-3-7-18(9-11)13-6-5-12(25(2,22)23)8-14(13)19(20)21/h5-6,8,11H,3-4,7,9H2,1-2H3/t11-/m0/s1. The topological polar surface area (TPSA) is 119 Å². The van der Waals surface area contributed by atoms with E-state index >= 15 is 0 Å². The van der Waals surface area contributed by atoms with Gasteiger partial charge in [0.2, 0.25) is 5.89 Å². The molecule has 10 heteroatoms. The summed E-state index contributed by atoms with van der Waals surface area (Å²) in [4.78, 5) is 16.9. The molecule has 0 spiro atoms. The maximum Gasteiger partial charge on any atom is 0.293 e. The van der Waals surface area contributed by atoms with Crippen LogP contribution in [0.1, 0.15) is 30.5 Å². The minimum atomic E-state index is -3.51. The molecular formula is C15H18N4O5S. The SMILES string of the molecule is Cc1noc([C@H]2CCCN(c3ccc(S(C)(=O)=O)cc3[N+](=O)[O-])C2)n1. The molecule has 0 saturated carbocycles. The molecule has 2 heterocycles. The number of aryl methyl sites for hydroxylation is 1. The molecule has 3 rings (SSSR count). The molecule has 1 aromatic heterocycles. The van der Waals surface area contributed by atoms with E-state index in [2.05, 4.69) is 10.1 Å². The lowest BCUT2D eigenvalue weighted by Crippen LogP contribution is -2.35. The minimum absolute atomic E-state index is 0.0101. The van der Waals surface area contributed by atoms with Crippen LogP contribution in [0.4, 0.5) is 11.4 Å². The molecule has 2 aromatic rings. The largest absolute Gasteiger partial charge is 0.365 e. The smallest absolute Gasteiger partial charge is 0.293 e. The van der Waals surface area contributed by atoms with Crippen molar-refractivity contribution in [2.45, 2.75) is 30.6 Å². The molecule has 1 aromatic carbocycles. The fourth-order valence-corrected chi connectivity index (χ4v) is 3.66. The van der Waals surface area contributed by atoms with Gasteiger partial charge in [0.05, 0.1) is 15.7 Å². The first-order chi connectivity index (χ1) is 11.8. The van der Waals surface area contributed by atoms with Gasteiger partial charge in [-0.3, -0.25) is 10.1 Å². The number of nitro groups is 1. The molecule has 1 aliphatic rings. The van der Waals surface area contributed by atoms with Crippen LogP contribution in [0.2, 0.25) is 0 Å². The fourth-order valence-electron chi connectivity index (χ4n) is 3.02. The summed E-state index contributed by atoms with van der Waals surface area (Å²) in [6, 6.07) is 4.01. The Labute approximate surface area is 144 Å². The highest BCUT2D eigenvalue weighted by Crippen LogP contribution is 2.35. The second-order valence-corrected chi connectivity index (χ2v) is 8.16. The van der Waals surface area contributed by atoms with Crippen LogP contribution in [0.25, 0.3) is 0 Å². The van der Waals surface area contributed by atoms with Gasteiger partial charge in [-0.05, 0) is 31.9 Å². The second kappa shape index (κ2) is 6.43. The average Bonchev–Trinajstić information content (AvgIpc) is 3.00. The number of aromatic nitrogens is 2. The summed E-state index contributed by atoms with van der Waals surface area (Å²) in [5, 5.41) is 15.2. The molecule has 0 unspecified atom stereocenters.